The van der Waals surface area contributed by atoms with Crippen LogP contribution in [0.2, 0.25) is 0 Å². The standard InChI is InChI=1S/C15H13NO/c16-14-8-4-5-12(11-14)9-10-15(17)13-6-2-1-3-7-13/h1-11H,16H2/b10-9-. The fourth-order valence-electron chi connectivity index (χ4n) is 1.53. The minimum Gasteiger partial charge on any atom is -0.399 e. The molecule has 2 N–H and O–H groups in total. The van der Waals surface area contributed by atoms with E-state index in [1.54, 1.807) is 24.3 Å². The maximum Gasteiger partial charge on any atom is 0.185 e. The quantitative estimate of drug-likeness (QED) is 0.493. The average Bonchev–Trinajstić information content (AvgIpc) is 2.37. The Morgan fingerprint density at radius 1 is 1.00 bits per heavy atom. The third kappa shape index (κ3) is 3.05. The average molecular weight is 223 g/mol. The highest BCUT2D eigenvalue weighted by Crippen LogP contribution is 2.09. The predicted octanol–water partition coefficient (Wildman–Crippen LogP) is 3.16. The second kappa shape index (κ2) is 5.12. The van der Waals surface area contributed by atoms with Crippen LogP contribution in [0.3, 0.4) is 0 Å². The summed E-state index contributed by atoms with van der Waals surface area (Å²) in [6, 6.07) is 16.6. The second-order valence-electron chi connectivity index (χ2n) is 3.73. The van der Waals surface area contributed by atoms with Gasteiger partial charge in [-0.15, -0.1) is 0 Å². The van der Waals surface area contributed by atoms with Crippen LogP contribution in [0, 0.1) is 0 Å². The number of allylic oxidation sites excluding steroid dienone is 1. The molecule has 2 rings (SSSR count). The molecule has 0 aliphatic heterocycles. The van der Waals surface area contributed by atoms with Gasteiger partial charge in [-0.25, -0.2) is 0 Å². The van der Waals surface area contributed by atoms with Crippen molar-refractivity contribution in [2.45, 2.75) is 0 Å². The molecule has 0 saturated carbocycles. The summed E-state index contributed by atoms with van der Waals surface area (Å²) < 4.78 is 0. The van der Waals surface area contributed by atoms with Crippen molar-refractivity contribution in [2.24, 2.45) is 0 Å². The maximum atomic E-state index is 11.8. The highest BCUT2D eigenvalue weighted by molar-refractivity contribution is 6.06. The third-order valence-corrected chi connectivity index (χ3v) is 2.40. The zero-order valence-electron chi connectivity index (χ0n) is 9.34. The van der Waals surface area contributed by atoms with Gasteiger partial charge < -0.3 is 5.73 Å². The zero-order chi connectivity index (χ0) is 12.1. The first-order chi connectivity index (χ1) is 8.25. The second-order valence-corrected chi connectivity index (χ2v) is 3.73. The summed E-state index contributed by atoms with van der Waals surface area (Å²) in [5.41, 5.74) is 7.96. The van der Waals surface area contributed by atoms with Gasteiger partial charge in [0, 0.05) is 11.3 Å². The number of nitrogens with two attached hydrogens (primary N) is 1. The monoisotopic (exact) mass is 223 g/mol. The molecule has 84 valence electrons. The molecule has 0 amide bonds. The van der Waals surface area contributed by atoms with Crippen molar-refractivity contribution < 1.29 is 4.79 Å². The summed E-state index contributed by atoms with van der Waals surface area (Å²) in [4.78, 5) is 11.8. The smallest absolute Gasteiger partial charge is 0.185 e. The normalized spacial score (nSPS) is 10.6. The Balaban J connectivity index is 2.14. The van der Waals surface area contributed by atoms with Gasteiger partial charge in [0.2, 0.25) is 0 Å². The highest BCUT2D eigenvalue weighted by Gasteiger charge is 1.99. The van der Waals surface area contributed by atoms with Gasteiger partial charge in [-0.2, -0.15) is 0 Å². The van der Waals surface area contributed by atoms with Crippen LogP contribution in [-0.4, -0.2) is 5.78 Å². The molecule has 0 aromatic heterocycles. The van der Waals surface area contributed by atoms with E-state index in [9.17, 15) is 4.79 Å². The Morgan fingerprint density at radius 3 is 2.47 bits per heavy atom. The molecule has 0 heterocycles. The molecule has 0 aliphatic carbocycles. The SMILES string of the molecule is Nc1cccc(/C=C\C(=O)c2ccccc2)c1. The van der Waals surface area contributed by atoms with Gasteiger partial charge >= 0.3 is 0 Å². The molecule has 0 bridgehead atoms. The lowest BCUT2D eigenvalue weighted by atomic mass is 10.1. The molecule has 0 fully saturated rings. The van der Waals surface area contributed by atoms with Crippen molar-refractivity contribution in [3.05, 3.63) is 71.8 Å². The summed E-state index contributed by atoms with van der Waals surface area (Å²) >= 11 is 0. The van der Waals surface area contributed by atoms with E-state index in [0.717, 1.165) is 5.56 Å². The van der Waals surface area contributed by atoms with Crippen LogP contribution in [0.4, 0.5) is 5.69 Å². The number of carbonyl (C=O) groups excluding carboxylic acids is 1. The first-order valence-corrected chi connectivity index (χ1v) is 5.39. The maximum absolute atomic E-state index is 11.8. The van der Waals surface area contributed by atoms with Crippen molar-refractivity contribution >= 4 is 17.5 Å². The first-order valence-electron chi connectivity index (χ1n) is 5.39. The molecular weight excluding hydrogens is 210 g/mol. The Morgan fingerprint density at radius 2 is 1.76 bits per heavy atom. The first kappa shape index (κ1) is 11.1. The van der Waals surface area contributed by atoms with Gasteiger partial charge in [0.25, 0.3) is 0 Å². The molecule has 0 aliphatic rings. The lowest BCUT2D eigenvalue weighted by molar-refractivity contribution is 0.104. The summed E-state index contributed by atoms with van der Waals surface area (Å²) in [5.74, 6) is -0.00646. The lowest BCUT2D eigenvalue weighted by Crippen LogP contribution is -1.92. The molecule has 0 unspecified atom stereocenters. The molecule has 17 heavy (non-hydrogen) atoms. The van der Waals surface area contributed by atoms with Crippen LogP contribution < -0.4 is 5.73 Å². The van der Waals surface area contributed by atoms with E-state index in [4.69, 9.17) is 5.73 Å². The number of hydrogen-bond donors (Lipinski definition) is 1. The Hall–Kier alpha value is -2.35. The number of carbonyl (C=O) groups is 1. The number of rotatable bonds is 3. The molecule has 0 spiro atoms. The van der Waals surface area contributed by atoms with Gasteiger partial charge in [0.15, 0.2) is 5.78 Å². The summed E-state index contributed by atoms with van der Waals surface area (Å²) in [5, 5.41) is 0. The number of benzene rings is 2. The third-order valence-electron chi connectivity index (χ3n) is 2.40. The lowest BCUT2D eigenvalue weighted by Gasteiger charge is -1.96. The van der Waals surface area contributed by atoms with Crippen LogP contribution >= 0.6 is 0 Å². The van der Waals surface area contributed by atoms with Crippen molar-refractivity contribution in [3.63, 3.8) is 0 Å². The van der Waals surface area contributed by atoms with Gasteiger partial charge in [-0.3, -0.25) is 4.79 Å². The van der Waals surface area contributed by atoms with Crippen molar-refractivity contribution in [3.8, 4) is 0 Å². The van der Waals surface area contributed by atoms with E-state index in [1.807, 2.05) is 42.5 Å². The molecule has 0 atom stereocenters. The minimum absolute atomic E-state index is 0.00646. The van der Waals surface area contributed by atoms with Crippen LogP contribution in [0.15, 0.2) is 60.7 Å². The number of anilines is 1. The Kier molecular flexibility index (Phi) is 3.36. The summed E-state index contributed by atoms with van der Waals surface area (Å²) in [6.45, 7) is 0. The molecule has 0 saturated heterocycles. The van der Waals surface area contributed by atoms with Gasteiger partial charge in [-0.05, 0) is 23.8 Å². The number of nitrogen functional groups attached to an aromatic ring is 1. The zero-order valence-corrected chi connectivity index (χ0v) is 9.34. The fraction of sp³-hybridized carbons (Fsp3) is 0. The van der Waals surface area contributed by atoms with E-state index in [0.29, 0.717) is 11.3 Å². The molecule has 2 heteroatoms. The van der Waals surface area contributed by atoms with Crippen molar-refractivity contribution in [1.29, 1.82) is 0 Å². The molecule has 0 radical (unpaired) electrons. The van der Waals surface area contributed by atoms with E-state index in [1.165, 1.54) is 0 Å². The van der Waals surface area contributed by atoms with Crippen LogP contribution in [0.25, 0.3) is 6.08 Å². The predicted molar refractivity (Wildman–Crippen MR) is 70.7 cm³/mol. The van der Waals surface area contributed by atoms with E-state index < -0.39 is 0 Å². The summed E-state index contributed by atoms with van der Waals surface area (Å²) in [6.07, 6.45) is 3.33. The molecule has 2 aromatic rings. The molecular formula is C15H13NO. The fourth-order valence-corrected chi connectivity index (χ4v) is 1.53. The van der Waals surface area contributed by atoms with Crippen LogP contribution in [-0.2, 0) is 0 Å². The Labute approximate surface area is 100 Å². The van der Waals surface area contributed by atoms with Gasteiger partial charge in [-0.1, -0.05) is 48.5 Å². The highest BCUT2D eigenvalue weighted by atomic mass is 16.1. The Bertz CT molecular complexity index is 544. The van der Waals surface area contributed by atoms with E-state index in [-0.39, 0.29) is 5.78 Å². The molecule has 2 nitrogen and oxygen atoms in total. The van der Waals surface area contributed by atoms with Gasteiger partial charge in [0.1, 0.15) is 0 Å². The van der Waals surface area contributed by atoms with Crippen molar-refractivity contribution in [1.82, 2.24) is 0 Å². The number of ketones is 1. The van der Waals surface area contributed by atoms with Crippen molar-refractivity contribution in [2.75, 3.05) is 5.73 Å². The van der Waals surface area contributed by atoms with Crippen LogP contribution in [0.5, 0.6) is 0 Å². The van der Waals surface area contributed by atoms with Gasteiger partial charge in [0.05, 0.1) is 0 Å². The van der Waals surface area contributed by atoms with E-state index in [2.05, 4.69) is 0 Å². The van der Waals surface area contributed by atoms with Crippen LogP contribution in [0.1, 0.15) is 15.9 Å². The topological polar surface area (TPSA) is 43.1 Å². The number of hydrogen-bond acceptors (Lipinski definition) is 2. The largest absolute Gasteiger partial charge is 0.399 e. The van der Waals surface area contributed by atoms with E-state index >= 15 is 0 Å². The summed E-state index contributed by atoms with van der Waals surface area (Å²) in [7, 11) is 0. The minimum atomic E-state index is -0.00646. The molecule has 2 aromatic carbocycles.